The molecule has 0 amide bonds. The predicted molar refractivity (Wildman–Crippen MR) is 43.9 cm³/mol. The summed E-state index contributed by atoms with van der Waals surface area (Å²) in [5, 5.41) is 3.51. The van der Waals surface area contributed by atoms with Crippen molar-refractivity contribution in [2.75, 3.05) is 7.11 Å². The van der Waals surface area contributed by atoms with E-state index in [2.05, 4.69) is 14.4 Å². The molecule has 0 spiro atoms. The summed E-state index contributed by atoms with van der Waals surface area (Å²) in [5.41, 5.74) is 0.667. The van der Waals surface area contributed by atoms with Gasteiger partial charge in [-0.1, -0.05) is 19.0 Å². The van der Waals surface area contributed by atoms with Crippen molar-refractivity contribution in [3.8, 4) is 0 Å². The Balaban J connectivity index is 0.000000561. The van der Waals surface area contributed by atoms with Gasteiger partial charge in [0.15, 0.2) is 0 Å². The van der Waals surface area contributed by atoms with E-state index in [9.17, 15) is 4.79 Å². The van der Waals surface area contributed by atoms with E-state index < -0.39 is 5.97 Å². The van der Waals surface area contributed by atoms with Crippen LogP contribution in [0.2, 0.25) is 0 Å². The van der Waals surface area contributed by atoms with Crippen LogP contribution in [0.1, 0.15) is 30.1 Å². The number of carbonyl (C=O) groups excluding carboxylic acids is 1. The Morgan fingerprint density at radius 3 is 2.50 bits per heavy atom. The van der Waals surface area contributed by atoms with Crippen molar-refractivity contribution in [1.82, 2.24) is 5.16 Å². The average Bonchev–Trinajstić information content (AvgIpc) is 2.54. The first-order chi connectivity index (χ1) is 5.74. The molecule has 1 aromatic heterocycles. The maximum Gasteiger partial charge on any atom is 0.376 e. The van der Waals surface area contributed by atoms with Crippen molar-refractivity contribution in [2.24, 2.45) is 0 Å². The molecule has 1 heterocycles. The van der Waals surface area contributed by atoms with Crippen molar-refractivity contribution in [3.05, 3.63) is 17.5 Å². The van der Waals surface area contributed by atoms with E-state index >= 15 is 0 Å². The van der Waals surface area contributed by atoms with Crippen LogP contribution in [-0.4, -0.2) is 18.2 Å². The third kappa shape index (κ3) is 2.74. The number of aryl methyl sites for hydroxylation is 1. The van der Waals surface area contributed by atoms with Crippen LogP contribution in [0.3, 0.4) is 0 Å². The molecule has 0 saturated heterocycles. The zero-order valence-electron chi connectivity index (χ0n) is 7.75. The highest BCUT2D eigenvalue weighted by atomic mass is 16.5. The lowest BCUT2D eigenvalue weighted by atomic mass is 10.4. The van der Waals surface area contributed by atoms with Crippen LogP contribution in [0.4, 0.5) is 0 Å². The summed E-state index contributed by atoms with van der Waals surface area (Å²) in [4.78, 5) is 10.7. The number of hydrogen-bond donors (Lipinski definition) is 0. The van der Waals surface area contributed by atoms with Gasteiger partial charge in [-0.15, -0.1) is 0 Å². The van der Waals surface area contributed by atoms with Gasteiger partial charge in [-0.05, 0) is 6.92 Å². The van der Waals surface area contributed by atoms with E-state index in [0.717, 1.165) is 0 Å². The predicted octanol–water partition coefficient (Wildman–Crippen LogP) is 1.80. The second-order valence-corrected chi connectivity index (χ2v) is 1.82. The van der Waals surface area contributed by atoms with Gasteiger partial charge in [0.2, 0.25) is 5.76 Å². The van der Waals surface area contributed by atoms with Crippen LogP contribution in [-0.2, 0) is 4.74 Å². The number of methoxy groups -OCH3 is 1. The molecule has 0 aliphatic rings. The fraction of sp³-hybridized carbons (Fsp3) is 0.500. The zero-order valence-corrected chi connectivity index (χ0v) is 7.75. The van der Waals surface area contributed by atoms with Crippen molar-refractivity contribution < 1.29 is 14.1 Å². The molecule has 1 aromatic rings. The smallest absolute Gasteiger partial charge is 0.376 e. The molecule has 0 bridgehead atoms. The third-order valence-electron chi connectivity index (χ3n) is 1.01. The summed E-state index contributed by atoms with van der Waals surface area (Å²) in [7, 11) is 1.29. The molecule has 0 radical (unpaired) electrons. The Hall–Kier alpha value is -1.32. The molecule has 0 unspecified atom stereocenters. The maximum absolute atomic E-state index is 10.7. The first kappa shape index (κ1) is 10.7. The molecule has 4 heteroatoms. The number of nitrogens with zero attached hydrogens (tertiary/aromatic N) is 1. The largest absolute Gasteiger partial charge is 0.463 e. The van der Waals surface area contributed by atoms with Crippen LogP contribution < -0.4 is 0 Å². The molecule has 0 N–H and O–H groups in total. The summed E-state index contributed by atoms with van der Waals surface area (Å²) in [6, 6.07) is 1.52. The Bertz CT molecular complexity index is 242. The van der Waals surface area contributed by atoms with Gasteiger partial charge in [-0.25, -0.2) is 4.79 Å². The van der Waals surface area contributed by atoms with Gasteiger partial charge in [0.25, 0.3) is 0 Å². The third-order valence-corrected chi connectivity index (χ3v) is 1.01. The Labute approximate surface area is 71.5 Å². The first-order valence-electron chi connectivity index (χ1n) is 3.75. The lowest BCUT2D eigenvalue weighted by Crippen LogP contribution is -1.98. The van der Waals surface area contributed by atoms with Crippen molar-refractivity contribution in [3.63, 3.8) is 0 Å². The number of hydrogen-bond acceptors (Lipinski definition) is 4. The first-order valence-corrected chi connectivity index (χ1v) is 3.75. The number of rotatable bonds is 1. The van der Waals surface area contributed by atoms with E-state index in [-0.39, 0.29) is 5.76 Å². The molecule has 0 fully saturated rings. The van der Waals surface area contributed by atoms with Crippen molar-refractivity contribution in [1.29, 1.82) is 0 Å². The molecule has 0 aromatic carbocycles. The number of ether oxygens (including phenoxy) is 1. The van der Waals surface area contributed by atoms with Gasteiger partial charge in [-0.2, -0.15) is 0 Å². The minimum atomic E-state index is -0.499. The standard InChI is InChI=1S/C6H7NO3.C2H6/c1-4-3-5(10-7-4)6(8)9-2;1-2/h3H,1-2H3;1-2H3. The molecule has 4 nitrogen and oxygen atoms in total. The SMILES string of the molecule is CC.COC(=O)c1cc(C)no1. The molecule has 0 aliphatic carbocycles. The molecular formula is C8H13NO3. The van der Waals surface area contributed by atoms with Gasteiger partial charge in [0.1, 0.15) is 0 Å². The maximum atomic E-state index is 10.7. The lowest BCUT2D eigenvalue weighted by Gasteiger charge is -1.88. The van der Waals surface area contributed by atoms with E-state index in [0.29, 0.717) is 5.69 Å². The Kier molecular flexibility index (Phi) is 4.76. The molecule has 0 aliphatic heterocycles. The quantitative estimate of drug-likeness (QED) is 0.604. The van der Waals surface area contributed by atoms with E-state index in [1.807, 2.05) is 13.8 Å². The summed E-state index contributed by atoms with van der Waals surface area (Å²) in [6.45, 7) is 5.73. The van der Waals surface area contributed by atoms with E-state index in [4.69, 9.17) is 0 Å². The van der Waals surface area contributed by atoms with Gasteiger partial charge in [0.05, 0.1) is 12.8 Å². The molecule has 0 saturated carbocycles. The summed E-state index contributed by atoms with van der Waals surface area (Å²) in [6.07, 6.45) is 0. The van der Waals surface area contributed by atoms with Gasteiger partial charge >= 0.3 is 5.97 Å². The second kappa shape index (κ2) is 5.35. The Morgan fingerprint density at radius 2 is 2.17 bits per heavy atom. The highest BCUT2D eigenvalue weighted by Crippen LogP contribution is 2.02. The van der Waals surface area contributed by atoms with Crippen LogP contribution in [0.5, 0.6) is 0 Å². The van der Waals surface area contributed by atoms with E-state index in [1.165, 1.54) is 13.2 Å². The minimum Gasteiger partial charge on any atom is -0.463 e. The minimum absolute atomic E-state index is 0.139. The van der Waals surface area contributed by atoms with Crippen LogP contribution in [0, 0.1) is 6.92 Å². The molecular weight excluding hydrogens is 158 g/mol. The number of esters is 1. The molecule has 12 heavy (non-hydrogen) atoms. The Morgan fingerprint density at radius 1 is 1.58 bits per heavy atom. The fourth-order valence-electron chi connectivity index (χ4n) is 0.560. The topological polar surface area (TPSA) is 52.3 Å². The summed E-state index contributed by atoms with van der Waals surface area (Å²) < 4.78 is 8.97. The van der Waals surface area contributed by atoms with Gasteiger partial charge in [0, 0.05) is 6.07 Å². The van der Waals surface area contributed by atoms with Crippen LogP contribution in [0.15, 0.2) is 10.6 Å². The van der Waals surface area contributed by atoms with Gasteiger partial charge < -0.3 is 9.26 Å². The summed E-state index contributed by atoms with van der Waals surface area (Å²) >= 11 is 0. The highest BCUT2D eigenvalue weighted by Gasteiger charge is 2.09. The highest BCUT2D eigenvalue weighted by molar-refractivity contribution is 5.86. The summed E-state index contributed by atoms with van der Waals surface area (Å²) in [5.74, 6) is -0.361. The lowest BCUT2D eigenvalue weighted by molar-refractivity contribution is 0.0554. The van der Waals surface area contributed by atoms with Crippen molar-refractivity contribution >= 4 is 5.97 Å². The second-order valence-electron chi connectivity index (χ2n) is 1.82. The van der Waals surface area contributed by atoms with E-state index in [1.54, 1.807) is 6.92 Å². The molecule has 68 valence electrons. The monoisotopic (exact) mass is 171 g/mol. The van der Waals surface area contributed by atoms with Crippen molar-refractivity contribution in [2.45, 2.75) is 20.8 Å². The fourth-order valence-corrected chi connectivity index (χ4v) is 0.560. The van der Waals surface area contributed by atoms with Gasteiger partial charge in [-0.3, -0.25) is 0 Å². The number of aromatic nitrogens is 1. The average molecular weight is 171 g/mol. The molecule has 0 atom stereocenters. The normalized spacial score (nSPS) is 8.33. The molecule has 1 rings (SSSR count). The number of carbonyl (C=O) groups is 1. The zero-order chi connectivity index (χ0) is 9.56. The van der Waals surface area contributed by atoms with Crippen LogP contribution >= 0.6 is 0 Å². The van der Waals surface area contributed by atoms with Crippen LogP contribution in [0.25, 0.3) is 0 Å².